The van der Waals surface area contributed by atoms with Gasteiger partial charge in [-0.05, 0) is 56.4 Å². The van der Waals surface area contributed by atoms with Crippen LogP contribution < -0.4 is 5.32 Å². The van der Waals surface area contributed by atoms with E-state index in [4.69, 9.17) is 0 Å². The van der Waals surface area contributed by atoms with Crippen molar-refractivity contribution in [2.24, 2.45) is 11.8 Å². The zero-order valence-electron chi connectivity index (χ0n) is 12.2. The van der Waals surface area contributed by atoms with E-state index in [-0.39, 0.29) is 11.4 Å². The number of hydrogen-bond acceptors (Lipinski definition) is 2. The second-order valence-electron chi connectivity index (χ2n) is 6.56. The number of halogens is 1. The number of nitrogens with zero attached hydrogens (tertiary/aromatic N) is 1. The van der Waals surface area contributed by atoms with Gasteiger partial charge in [0.25, 0.3) is 5.91 Å². The molecule has 1 aromatic rings. The second-order valence-corrected chi connectivity index (χ2v) is 7.41. The van der Waals surface area contributed by atoms with E-state index in [9.17, 15) is 4.79 Å². The lowest BCUT2D eigenvalue weighted by Crippen LogP contribution is -2.47. The van der Waals surface area contributed by atoms with Gasteiger partial charge in [-0.2, -0.15) is 0 Å². The average Bonchev–Trinajstić information content (AvgIpc) is 2.95. The lowest BCUT2D eigenvalue weighted by atomic mass is 9.84. The molecule has 2 unspecified atom stereocenters. The number of carbonyl (C=O) groups is 1. The van der Waals surface area contributed by atoms with Crippen molar-refractivity contribution in [3.05, 3.63) is 33.8 Å². The Hall–Kier alpha value is -0.870. The first kappa shape index (κ1) is 14.1. The fourth-order valence-corrected chi connectivity index (χ4v) is 3.95. The quantitative estimate of drug-likeness (QED) is 0.855. The summed E-state index contributed by atoms with van der Waals surface area (Å²) in [6.07, 6.45) is 0. The zero-order valence-corrected chi connectivity index (χ0v) is 13.8. The van der Waals surface area contributed by atoms with Gasteiger partial charge in [-0.15, -0.1) is 0 Å². The van der Waals surface area contributed by atoms with Gasteiger partial charge in [-0.25, -0.2) is 0 Å². The Kier molecular flexibility index (Phi) is 3.41. The lowest BCUT2D eigenvalue weighted by Gasteiger charge is -2.35. The van der Waals surface area contributed by atoms with E-state index in [1.807, 2.05) is 25.1 Å². The summed E-state index contributed by atoms with van der Waals surface area (Å²) in [4.78, 5) is 14.9. The first-order valence-electron chi connectivity index (χ1n) is 7.20. The normalized spacial score (nSPS) is 27.7. The smallest absolute Gasteiger partial charge is 0.254 e. The molecule has 1 amide bonds. The van der Waals surface area contributed by atoms with Crippen LogP contribution in [0.3, 0.4) is 0 Å². The van der Waals surface area contributed by atoms with Gasteiger partial charge >= 0.3 is 0 Å². The van der Waals surface area contributed by atoms with Crippen LogP contribution in [0.5, 0.6) is 0 Å². The van der Waals surface area contributed by atoms with E-state index < -0.39 is 0 Å². The molecule has 20 heavy (non-hydrogen) atoms. The summed E-state index contributed by atoms with van der Waals surface area (Å²) < 4.78 is 1.05. The minimum Gasteiger partial charge on any atom is -0.333 e. The molecule has 1 N–H and O–H groups in total. The third kappa shape index (κ3) is 2.09. The van der Waals surface area contributed by atoms with Gasteiger partial charge in [0.05, 0.1) is 0 Å². The summed E-state index contributed by atoms with van der Waals surface area (Å²) in [5.74, 6) is 1.34. The van der Waals surface area contributed by atoms with Crippen molar-refractivity contribution < 1.29 is 4.79 Å². The molecule has 2 heterocycles. The van der Waals surface area contributed by atoms with Gasteiger partial charge in [0, 0.05) is 35.2 Å². The number of hydrogen-bond donors (Lipinski definition) is 1. The molecule has 0 aromatic heterocycles. The Bertz CT molecular complexity index is 555. The van der Waals surface area contributed by atoms with Gasteiger partial charge in [-0.1, -0.05) is 15.9 Å². The van der Waals surface area contributed by atoms with Crippen LogP contribution in [0, 0.1) is 18.8 Å². The average molecular weight is 337 g/mol. The molecule has 0 saturated carbocycles. The van der Waals surface area contributed by atoms with Crippen LogP contribution in [-0.2, 0) is 0 Å². The highest BCUT2D eigenvalue weighted by Crippen LogP contribution is 2.41. The van der Waals surface area contributed by atoms with Crippen molar-refractivity contribution in [1.29, 1.82) is 0 Å². The van der Waals surface area contributed by atoms with Crippen LogP contribution in [0.2, 0.25) is 0 Å². The molecule has 108 valence electrons. The van der Waals surface area contributed by atoms with Crippen LogP contribution in [0.4, 0.5) is 0 Å². The molecular weight excluding hydrogens is 316 g/mol. The number of likely N-dealkylation sites (tertiary alicyclic amines) is 1. The molecule has 0 spiro atoms. The van der Waals surface area contributed by atoms with Crippen LogP contribution in [0.15, 0.2) is 22.7 Å². The number of benzene rings is 1. The second kappa shape index (κ2) is 4.85. The number of nitrogens with one attached hydrogen (secondary N) is 1. The van der Waals surface area contributed by atoms with Gasteiger partial charge in [-0.3, -0.25) is 4.79 Å². The van der Waals surface area contributed by atoms with Gasteiger partial charge in [0.1, 0.15) is 0 Å². The minimum atomic E-state index is -0.0633. The van der Waals surface area contributed by atoms with Gasteiger partial charge < -0.3 is 10.2 Å². The molecule has 2 atom stereocenters. The Morgan fingerprint density at radius 2 is 2.15 bits per heavy atom. The van der Waals surface area contributed by atoms with Crippen molar-refractivity contribution in [2.45, 2.75) is 26.3 Å². The first-order valence-corrected chi connectivity index (χ1v) is 7.99. The molecule has 2 aliphatic rings. The summed E-state index contributed by atoms with van der Waals surface area (Å²) >= 11 is 3.49. The predicted octanol–water partition coefficient (Wildman–Crippen LogP) is 2.83. The zero-order chi connectivity index (χ0) is 14.5. The van der Waals surface area contributed by atoms with Crippen molar-refractivity contribution in [2.75, 3.05) is 19.6 Å². The molecular formula is C16H21BrN2O. The maximum absolute atomic E-state index is 12.8. The maximum Gasteiger partial charge on any atom is 0.254 e. The molecule has 0 aliphatic carbocycles. The molecule has 2 saturated heterocycles. The molecule has 4 heteroatoms. The molecule has 2 aliphatic heterocycles. The fourth-order valence-electron chi connectivity index (χ4n) is 3.70. The third-order valence-electron chi connectivity index (χ3n) is 5.01. The molecule has 1 aromatic carbocycles. The van der Waals surface area contributed by atoms with E-state index in [1.54, 1.807) is 0 Å². The van der Waals surface area contributed by atoms with Crippen LogP contribution in [-0.4, -0.2) is 36.0 Å². The van der Waals surface area contributed by atoms with Crippen LogP contribution >= 0.6 is 15.9 Å². The highest BCUT2D eigenvalue weighted by atomic mass is 79.9. The lowest BCUT2D eigenvalue weighted by molar-refractivity contribution is 0.0603. The van der Waals surface area contributed by atoms with Gasteiger partial charge in [0.15, 0.2) is 0 Å². The van der Waals surface area contributed by atoms with E-state index in [0.717, 1.165) is 35.2 Å². The SMILES string of the molecule is Cc1cc(C(=O)N2CC3CNCC3C2(C)C)ccc1Br. The summed E-state index contributed by atoms with van der Waals surface area (Å²) in [5.41, 5.74) is 1.84. The standard InChI is InChI=1S/C16H21BrN2O/c1-10-6-11(4-5-14(10)17)15(20)19-9-12-7-18-8-13(12)16(19,2)3/h4-6,12-13,18H,7-9H2,1-3H3. The van der Waals surface area contributed by atoms with Crippen molar-refractivity contribution >= 4 is 21.8 Å². The van der Waals surface area contributed by atoms with E-state index >= 15 is 0 Å². The summed E-state index contributed by atoms with van der Waals surface area (Å²) in [7, 11) is 0. The highest BCUT2D eigenvalue weighted by molar-refractivity contribution is 9.10. The minimum absolute atomic E-state index is 0.0633. The molecule has 0 radical (unpaired) electrons. The summed E-state index contributed by atoms with van der Waals surface area (Å²) in [5, 5.41) is 3.45. The van der Waals surface area contributed by atoms with Crippen molar-refractivity contribution in [3.63, 3.8) is 0 Å². The Labute approximate surface area is 128 Å². The van der Waals surface area contributed by atoms with E-state index in [0.29, 0.717) is 11.8 Å². The molecule has 3 rings (SSSR count). The van der Waals surface area contributed by atoms with Crippen molar-refractivity contribution in [3.8, 4) is 0 Å². The van der Waals surface area contributed by atoms with Crippen LogP contribution in [0.25, 0.3) is 0 Å². The Morgan fingerprint density at radius 3 is 2.80 bits per heavy atom. The van der Waals surface area contributed by atoms with E-state index in [2.05, 4.69) is 40.0 Å². The Morgan fingerprint density at radius 1 is 1.40 bits per heavy atom. The molecule has 3 nitrogen and oxygen atoms in total. The number of carbonyl (C=O) groups excluding carboxylic acids is 1. The number of fused-ring (bicyclic) bond motifs is 1. The molecule has 0 bridgehead atoms. The van der Waals surface area contributed by atoms with Crippen LogP contribution in [0.1, 0.15) is 29.8 Å². The first-order chi connectivity index (χ1) is 9.41. The summed E-state index contributed by atoms with van der Waals surface area (Å²) in [6.45, 7) is 9.37. The maximum atomic E-state index is 12.8. The molecule has 2 fully saturated rings. The van der Waals surface area contributed by atoms with Gasteiger partial charge in [0.2, 0.25) is 0 Å². The third-order valence-corrected chi connectivity index (χ3v) is 5.90. The monoisotopic (exact) mass is 336 g/mol. The number of aryl methyl sites for hydroxylation is 1. The summed E-state index contributed by atoms with van der Waals surface area (Å²) in [6, 6.07) is 5.87. The topological polar surface area (TPSA) is 32.3 Å². The number of amides is 1. The Balaban J connectivity index is 1.89. The predicted molar refractivity (Wildman–Crippen MR) is 83.8 cm³/mol. The van der Waals surface area contributed by atoms with Crippen molar-refractivity contribution in [1.82, 2.24) is 10.2 Å². The fraction of sp³-hybridized carbons (Fsp3) is 0.562. The highest BCUT2D eigenvalue weighted by Gasteiger charge is 2.51. The largest absolute Gasteiger partial charge is 0.333 e. The number of rotatable bonds is 1. The van der Waals surface area contributed by atoms with E-state index in [1.165, 1.54) is 0 Å².